The van der Waals surface area contributed by atoms with Crippen molar-refractivity contribution in [1.29, 1.82) is 0 Å². The molecule has 1 aliphatic heterocycles. The van der Waals surface area contributed by atoms with Crippen LogP contribution in [0.3, 0.4) is 0 Å². The maximum absolute atomic E-state index is 12.0. The Hall–Kier alpha value is -1.10. The van der Waals surface area contributed by atoms with Crippen LogP contribution < -0.4 is 0 Å². The minimum absolute atomic E-state index is 0.206. The quantitative estimate of drug-likeness (QED) is 0.772. The Bertz CT molecular complexity index is 485. The molecule has 110 valence electrons. The zero-order chi connectivity index (χ0) is 14.8. The fourth-order valence-corrected chi connectivity index (χ4v) is 2.73. The average molecular weight is 341 g/mol. The number of ether oxygens (including phenoxy) is 1. The molecule has 0 N–H and O–H groups in total. The van der Waals surface area contributed by atoms with Gasteiger partial charge in [-0.05, 0) is 67.6 Å². The summed E-state index contributed by atoms with van der Waals surface area (Å²) in [5.74, 6) is 0.462. The minimum Gasteiger partial charge on any atom is -0.444 e. The van der Waals surface area contributed by atoms with Crippen molar-refractivity contribution < 1.29 is 9.53 Å². The van der Waals surface area contributed by atoms with Crippen LogP contribution in [-0.2, 0) is 11.2 Å². The van der Waals surface area contributed by atoms with Gasteiger partial charge in [-0.2, -0.15) is 0 Å². The normalized spacial score (nSPS) is 19.2. The fourth-order valence-electron chi connectivity index (χ4n) is 2.35. The molecule has 0 aliphatic carbocycles. The van der Waals surface area contributed by atoms with Crippen molar-refractivity contribution in [2.75, 3.05) is 13.1 Å². The van der Waals surface area contributed by atoms with Gasteiger partial charge in [-0.3, -0.25) is 0 Å². The number of likely N-dealkylation sites (tertiary alicyclic amines) is 1. The van der Waals surface area contributed by atoms with Gasteiger partial charge in [0.25, 0.3) is 0 Å². The van der Waals surface area contributed by atoms with E-state index in [1.165, 1.54) is 0 Å². The van der Waals surface area contributed by atoms with Crippen LogP contribution in [0.25, 0.3) is 0 Å². The Morgan fingerprint density at radius 1 is 1.50 bits per heavy atom. The summed E-state index contributed by atoms with van der Waals surface area (Å²) in [5.41, 5.74) is 0.636. The molecule has 2 heterocycles. The molecule has 0 spiro atoms. The molecule has 0 unspecified atom stereocenters. The minimum atomic E-state index is -0.430. The number of nitrogens with zero attached hydrogens (tertiary/aromatic N) is 2. The first-order valence-electron chi connectivity index (χ1n) is 6.93. The summed E-state index contributed by atoms with van der Waals surface area (Å²) in [6.45, 7) is 7.20. The lowest BCUT2D eigenvalue weighted by Gasteiger charge is -2.24. The van der Waals surface area contributed by atoms with Crippen LogP contribution in [0, 0.1) is 5.92 Å². The molecule has 20 heavy (non-hydrogen) atoms. The predicted molar refractivity (Wildman–Crippen MR) is 81.6 cm³/mol. The Kier molecular flexibility index (Phi) is 4.68. The standard InChI is InChI=1S/C15H21BrN2O2/c1-15(2,3)20-14(19)18-8-7-11(10-18)9-12-5-4-6-13(16)17-12/h4-6,11H,7-10H2,1-3H3/t11-/m0/s1. The SMILES string of the molecule is CC(C)(C)OC(=O)N1CC[C@@H](Cc2cccc(Br)n2)C1. The molecule has 0 bridgehead atoms. The molecule has 1 aromatic heterocycles. The fraction of sp³-hybridized carbons (Fsp3) is 0.600. The first kappa shape index (κ1) is 15.3. The highest BCUT2D eigenvalue weighted by Crippen LogP contribution is 2.22. The summed E-state index contributed by atoms with van der Waals surface area (Å²) in [6.07, 6.45) is 1.70. The molecule has 0 radical (unpaired) electrons. The zero-order valence-electron chi connectivity index (χ0n) is 12.2. The van der Waals surface area contributed by atoms with E-state index >= 15 is 0 Å². The van der Waals surface area contributed by atoms with Gasteiger partial charge in [0.05, 0.1) is 0 Å². The van der Waals surface area contributed by atoms with Crippen LogP contribution >= 0.6 is 15.9 Å². The second kappa shape index (κ2) is 6.12. The van der Waals surface area contributed by atoms with E-state index in [4.69, 9.17) is 4.74 Å². The van der Waals surface area contributed by atoms with Crippen molar-refractivity contribution >= 4 is 22.0 Å². The smallest absolute Gasteiger partial charge is 0.410 e. The van der Waals surface area contributed by atoms with Gasteiger partial charge in [0.15, 0.2) is 0 Å². The zero-order valence-corrected chi connectivity index (χ0v) is 13.8. The molecule has 1 amide bonds. The monoisotopic (exact) mass is 340 g/mol. The summed E-state index contributed by atoms with van der Waals surface area (Å²) >= 11 is 3.38. The lowest BCUT2D eigenvalue weighted by atomic mass is 10.0. The maximum Gasteiger partial charge on any atom is 0.410 e. The van der Waals surface area contributed by atoms with Gasteiger partial charge < -0.3 is 9.64 Å². The maximum atomic E-state index is 12.0. The highest BCUT2D eigenvalue weighted by molar-refractivity contribution is 9.10. The van der Waals surface area contributed by atoms with Crippen molar-refractivity contribution in [1.82, 2.24) is 9.88 Å². The van der Waals surface area contributed by atoms with E-state index in [2.05, 4.69) is 20.9 Å². The molecule has 1 aliphatic rings. The van der Waals surface area contributed by atoms with Gasteiger partial charge in [0.2, 0.25) is 0 Å². The van der Waals surface area contributed by atoms with Crippen LogP contribution in [0.2, 0.25) is 0 Å². The van der Waals surface area contributed by atoms with Crippen molar-refractivity contribution in [3.63, 3.8) is 0 Å². The number of amides is 1. The molecule has 1 fully saturated rings. The predicted octanol–water partition coefficient (Wildman–Crippen LogP) is 3.64. The van der Waals surface area contributed by atoms with E-state index < -0.39 is 5.60 Å². The number of carbonyl (C=O) groups is 1. The largest absolute Gasteiger partial charge is 0.444 e. The third kappa shape index (κ3) is 4.47. The topological polar surface area (TPSA) is 42.4 Å². The van der Waals surface area contributed by atoms with E-state index in [1.807, 2.05) is 39.0 Å². The summed E-state index contributed by atoms with van der Waals surface area (Å²) in [6, 6.07) is 5.94. The molecule has 1 aromatic rings. The number of aromatic nitrogens is 1. The van der Waals surface area contributed by atoms with Crippen molar-refractivity contribution in [3.05, 3.63) is 28.5 Å². The summed E-state index contributed by atoms with van der Waals surface area (Å²) in [5, 5.41) is 0. The van der Waals surface area contributed by atoms with Gasteiger partial charge in [-0.1, -0.05) is 6.07 Å². The van der Waals surface area contributed by atoms with Crippen molar-refractivity contribution in [2.24, 2.45) is 5.92 Å². The van der Waals surface area contributed by atoms with Crippen LogP contribution in [0.1, 0.15) is 32.9 Å². The second-order valence-corrected chi connectivity index (χ2v) is 7.05. The molecule has 4 nitrogen and oxygen atoms in total. The lowest BCUT2D eigenvalue weighted by molar-refractivity contribution is 0.0288. The van der Waals surface area contributed by atoms with E-state index in [0.29, 0.717) is 5.92 Å². The third-order valence-electron chi connectivity index (χ3n) is 3.21. The van der Waals surface area contributed by atoms with Gasteiger partial charge in [0.1, 0.15) is 10.2 Å². The highest BCUT2D eigenvalue weighted by atomic mass is 79.9. The number of rotatable bonds is 2. The first-order valence-corrected chi connectivity index (χ1v) is 7.72. The van der Waals surface area contributed by atoms with Crippen LogP contribution in [0.4, 0.5) is 4.79 Å². The van der Waals surface area contributed by atoms with Crippen molar-refractivity contribution in [3.8, 4) is 0 Å². The Morgan fingerprint density at radius 2 is 2.25 bits per heavy atom. The average Bonchev–Trinajstić information content (AvgIpc) is 2.75. The highest BCUT2D eigenvalue weighted by Gasteiger charge is 2.29. The first-order chi connectivity index (χ1) is 9.33. The molecule has 0 saturated carbocycles. The number of hydrogen-bond acceptors (Lipinski definition) is 3. The van der Waals surface area contributed by atoms with Crippen LogP contribution in [-0.4, -0.2) is 34.7 Å². The number of pyridine rings is 1. The Labute approximate surface area is 128 Å². The van der Waals surface area contributed by atoms with Crippen LogP contribution in [0.15, 0.2) is 22.8 Å². The summed E-state index contributed by atoms with van der Waals surface area (Å²) < 4.78 is 6.26. The Balaban J connectivity index is 1.88. The molecule has 1 saturated heterocycles. The molecule has 5 heteroatoms. The van der Waals surface area contributed by atoms with Gasteiger partial charge in [-0.25, -0.2) is 9.78 Å². The van der Waals surface area contributed by atoms with E-state index in [0.717, 1.165) is 36.2 Å². The summed E-state index contributed by atoms with van der Waals surface area (Å²) in [7, 11) is 0. The lowest BCUT2D eigenvalue weighted by Crippen LogP contribution is -2.35. The summed E-state index contributed by atoms with van der Waals surface area (Å²) in [4.78, 5) is 18.2. The van der Waals surface area contributed by atoms with Gasteiger partial charge >= 0.3 is 6.09 Å². The second-order valence-electron chi connectivity index (χ2n) is 6.24. The van der Waals surface area contributed by atoms with E-state index in [1.54, 1.807) is 4.90 Å². The van der Waals surface area contributed by atoms with Gasteiger partial charge in [-0.15, -0.1) is 0 Å². The van der Waals surface area contributed by atoms with Gasteiger partial charge in [0, 0.05) is 18.8 Å². The van der Waals surface area contributed by atoms with Crippen molar-refractivity contribution in [2.45, 2.75) is 39.2 Å². The Morgan fingerprint density at radius 3 is 2.90 bits per heavy atom. The molecule has 2 rings (SSSR count). The molecule has 1 atom stereocenters. The number of halogens is 1. The number of hydrogen-bond donors (Lipinski definition) is 0. The molecular weight excluding hydrogens is 320 g/mol. The third-order valence-corrected chi connectivity index (χ3v) is 3.65. The van der Waals surface area contributed by atoms with E-state index in [-0.39, 0.29) is 6.09 Å². The number of carbonyl (C=O) groups excluding carboxylic acids is 1. The molecule has 0 aromatic carbocycles. The van der Waals surface area contributed by atoms with Crippen LogP contribution in [0.5, 0.6) is 0 Å². The molecular formula is C15H21BrN2O2. The van der Waals surface area contributed by atoms with E-state index in [9.17, 15) is 4.79 Å².